The van der Waals surface area contributed by atoms with Gasteiger partial charge < -0.3 is 5.32 Å². The van der Waals surface area contributed by atoms with Gasteiger partial charge in [-0.25, -0.2) is 5.01 Å². The highest BCUT2D eigenvalue weighted by Crippen LogP contribution is 2.24. The lowest BCUT2D eigenvalue weighted by atomic mass is 10.2. The Balaban J connectivity index is 1.78. The lowest BCUT2D eigenvalue weighted by molar-refractivity contribution is -0.119. The molecule has 0 saturated heterocycles. The summed E-state index contributed by atoms with van der Waals surface area (Å²) in [6.07, 6.45) is 1.68. The van der Waals surface area contributed by atoms with Crippen LogP contribution in [-0.2, 0) is 9.59 Å². The Morgan fingerprint density at radius 2 is 1.88 bits per heavy atom. The second-order valence-corrected chi connectivity index (χ2v) is 6.35. The molecule has 0 bridgehead atoms. The number of hydrogen-bond acceptors (Lipinski definition) is 3. The summed E-state index contributed by atoms with van der Waals surface area (Å²) in [5, 5.41) is 5.27. The van der Waals surface area contributed by atoms with Crippen LogP contribution in [0.25, 0.3) is 0 Å². The third-order valence-electron chi connectivity index (χ3n) is 3.81. The average molecular weight is 376 g/mol. The van der Waals surface area contributed by atoms with Crippen molar-refractivity contribution in [2.24, 2.45) is 0 Å². The Bertz CT molecular complexity index is 863. The van der Waals surface area contributed by atoms with Crippen LogP contribution in [0.5, 0.6) is 0 Å². The van der Waals surface area contributed by atoms with Gasteiger partial charge in [0, 0.05) is 22.2 Å². The highest BCUT2D eigenvalue weighted by atomic mass is 35.5. The predicted octanol–water partition coefficient (Wildman–Crippen LogP) is 4.07. The van der Waals surface area contributed by atoms with Crippen LogP contribution in [0.15, 0.2) is 54.2 Å². The number of benzene rings is 2. The zero-order chi connectivity index (χ0) is 18.0. The molecule has 2 aromatic rings. The normalized spacial score (nSPS) is 14.0. The molecule has 0 radical (unpaired) electrons. The van der Waals surface area contributed by atoms with Crippen molar-refractivity contribution in [1.82, 2.24) is 5.43 Å². The van der Waals surface area contributed by atoms with E-state index in [0.717, 1.165) is 5.56 Å². The summed E-state index contributed by atoms with van der Waals surface area (Å²) in [4.78, 5) is 24.7. The van der Waals surface area contributed by atoms with Gasteiger partial charge in [0.05, 0.1) is 5.69 Å². The van der Waals surface area contributed by atoms with E-state index in [2.05, 4.69) is 10.7 Å². The smallest absolute Gasteiger partial charge is 0.273 e. The van der Waals surface area contributed by atoms with Crippen LogP contribution < -0.4 is 15.8 Å². The molecular formula is C18H15Cl2N3O2. The molecule has 0 aromatic heterocycles. The van der Waals surface area contributed by atoms with Crippen LogP contribution >= 0.6 is 23.2 Å². The van der Waals surface area contributed by atoms with Crippen molar-refractivity contribution in [1.29, 1.82) is 0 Å². The number of nitrogens with one attached hydrogen (secondary N) is 2. The van der Waals surface area contributed by atoms with E-state index in [0.29, 0.717) is 21.4 Å². The molecule has 7 heteroatoms. The summed E-state index contributed by atoms with van der Waals surface area (Å²) >= 11 is 11.9. The van der Waals surface area contributed by atoms with Crippen LogP contribution in [0.3, 0.4) is 0 Å². The highest BCUT2D eigenvalue weighted by molar-refractivity contribution is 6.32. The first-order valence-electron chi connectivity index (χ1n) is 7.57. The van der Waals surface area contributed by atoms with Gasteiger partial charge in [-0.2, -0.15) is 0 Å². The lowest BCUT2D eigenvalue weighted by Gasteiger charge is -2.28. The SMILES string of the molecule is Cc1c(Cl)cccc1NC(=O)C1=CCC(=O)N(c2ccc(Cl)cc2)N1. The van der Waals surface area contributed by atoms with Crippen LogP contribution in [0.1, 0.15) is 12.0 Å². The van der Waals surface area contributed by atoms with Crippen molar-refractivity contribution in [3.05, 3.63) is 69.8 Å². The molecule has 0 saturated carbocycles. The highest BCUT2D eigenvalue weighted by Gasteiger charge is 2.24. The van der Waals surface area contributed by atoms with E-state index in [9.17, 15) is 9.59 Å². The third kappa shape index (κ3) is 3.78. The van der Waals surface area contributed by atoms with Gasteiger partial charge in [-0.05, 0) is 55.0 Å². The van der Waals surface area contributed by atoms with E-state index in [4.69, 9.17) is 23.2 Å². The molecule has 2 amide bonds. The fraction of sp³-hybridized carbons (Fsp3) is 0.111. The summed E-state index contributed by atoms with van der Waals surface area (Å²) in [5.41, 5.74) is 5.14. The Kier molecular flexibility index (Phi) is 4.97. The standard InChI is InChI=1S/C18H15Cl2N3O2/c1-11-14(20)3-2-4-15(11)21-18(25)16-9-10-17(24)23(22-16)13-7-5-12(19)6-8-13/h2-9,22H,10H2,1H3,(H,21,25). The number of anilines is 2. The van der Waals surface area contributed by atoms with Gasteiger partial charge in [0.1, 0.15) is 5.70 Å². The number of carbonyl (C=O) groups is 2. The van der Waals surface area contributed by atoms with Crippen LogP contribution in [0.4, 0.5) is 11.4 Å². The first kappa shape index (κ1) is 17.3. The van der Waals surface area contributed by atoms with E-state index in [1.165, 1.54) is 5.01 Å². The zero-order valence-electron chi connectivity index (χ0n) is 13.3. The quantitative estimate of drug-likeness (QED) is 0.849. The largest absolute Gasteiger partial charge is 0.320 e. The molecule has 0 atom stereocenters. The number of amides is 2. The Morgan fingerprint density at radius 3 is 2.60 bits per heavy atom. The topological polar surface area (TPSA) is 61.4 Å². The summed E-state index contributed by atoms with van der Waals surface area (Å²) in [5.74, 6) is -0.519. The van der Waals surface area contributed by atoms with E-state index in [1.54, 1.807) is 48.5 Å². The number of rotatable bonds is 3. The van der Waals surface area contributed by atoms with Crippen molar-refractivity contribution in [2.45, 2.75) is 13.3 Å². The maximum Gasteiger partial charge on any atom is 0.273 e. The molecule has 2 aromatic carbocycles. The van der Waals surface area contributed by atoms with Gasteiger partial charge in [-0.1, -0.05) is 29.3 Å². The summed E-state index contributed by atoms with van der Waals surface area (Å²) in [6.45, 7) is 1.82. The monoisotopic (exact) mass is 375 g/mol. The molecule has 2 N–H and O–H groups in total. The van der Waals surface area contributed by atoms with E-state index in [1.807, 2.05) is 6.92 Å². The summed E-state index contributed by atoms with van der Waals surface area (Å²) in [7, 11) is 0. The zero-order valence-corrected chi connectivity index (χ0v) is 14.9. The third-order valence-corrected chi connectivity index (χ3v) is 4.47. The summed E-state index contributed by atoms with van der Waals surface area (Å²) in [6, 6.07) is 12.1. The molecule has 0 spiro atoms. The van der Waals surface area contributed by atoms with Gasteiger partial charge >= 0.3 is 0 Å². The maximum atomic E-state index is 12.5. The van der Waals surface area contributed by atoms with Crippen molar-refractivity contribution >= 4 is 46.4 Å². The number of hydrogen-bond donors (Lipinski definition) is 2. The molecule has 1 aliphatic rings. The first-order chi connectivity index (χ1) is 12.0. The number of hydrazine groups is 1. The Hall–Kier alpha value is -2.50. The molecule has 0 aliphatic carbocycles. The Labute approximate surface area is 155 Å². The molecule has 0 unspecified atom stereocenters. The number of nitrogens with zero attached hydrogens (tertiary/aromatic N) is 1. The minimum absolute atomic E-state index is 0.118. The second kappa shape index (κ2) is 7.17. The van der Waals surface area contributed by atoms with Gasteiger partial charge in [-0.3, -0.25) is 15.0 Å². The molecule has 0 fully saturated rings. The number of halogens is 2. The minimum atomic E-state index is -0.350. The fourth-order valence-corrected chi connectivity index (χ4v) is 2.68. The molecular weight excluding hydrogens is 361 g/mol. The summed E-state index contributed by atoms with van der Waals surface area (Å²) < 4.78 is 0. The van der Waals surface area contributed by atoms with Crippen molar-refractivity contribution in [3.63, 3.8) is 0 Å². The van der Waals surface area contributed by atoms with Crippen LogP contribution in [0, 0.1) is 6.92 Å². The van der Waals surface area contributed by atoms with Crippen LogP contribution in [0.2, 0.25) is 10.0 Å². The van der Waals surface area contributed by atoms with E-state index >= 15 is 0 Å². The fourth-order valence-electron chi connectivity index (χ4n) is 2.38. The first-order valence-corrected chi connectivity index (χ1v) is 8.33. The average Bonchev–Trinajstić information content (AvgIpc) is 2.60. The molecule has 1 heterocycles. The van der Waals surface area contributed by atoms with Crippen molar-refractivity contribution < 1.29 is 9.59 Å². The lowest BCUT2D eigenvalue weighted by Crippen LogP contribution is -2.47. The molecule has 25 heavy (non-hydrogen) atoms. The van der Waals surface area contributed by atoms with Gasteiger partial charge in [-0.15, -0.1) is 0 Å². The van der Waals surface area contributed by atoms with E-state index < -0.39 is 0 Å². The van der Waals surface area contributed by atoms with Crippen molar-refractivity contribution in [3.8, 4) is 0 Å². The predicted molar refractivity (Wildman–Crippen MR) is 99.6 cm³/mol. The molecule has 3 rings (SSSR count). The second-order valence-electron chi connectivity index (χ2n) is 5.51. The minimum Gasteiger partial charge on any atom is -0.320 e. The maximum absolute atomic E-state index is 12.5. The van der Waals surface area contributed by atoms with Gasteiger partial charge in [0.2, 0.25) is 5.91 Å². The van der Waals surface area contributed by atoms with Crippen LogP contribution in [-0.4, -0.2) is 11.8 Å². The van der Waals surface area contributed by atoms with Gasteiger partial charge in [0.15, 0.2) is 0 Å². The van der Waals surface area contributed by atoms with E-state index in [-0.39, 0.29) is 23.9 Å². The Morgan fingerprint density at radius 1 is 1.16 bits per heavy atom. The molecule has 128 valence electrons. The molecule has 1 aliphatic heterocycles. The molecule has 5 nitrogen and oxygen atoms in total. The van der Waals surface area contributed by atoms with Crippen molar-refractivity contribution in [2.75, 3.05) is 10.3 Å². The number of carbonyl (C=O) groups excluding carboxylic acids is 2. The van der Waals surface area contributed by atoms with Gasteiger partial charge in [0.25, 0.3) is 5.91 Å².